The van der Waals surface area contributed by atoms with Gasteiger partial charge in [0, 0.05) is 17.0 Å². The Bertz CT molecular complexity index is 1700. The van der Waals surface area contributed by atoms with Crippen LogP contribution in [0.4, 0.5) is 0 Å². The highest BCUT2D eigenvalue weighted by Gasteiger charge is 2.30. The van der Waals surface area contributed by atoms with E-state index in [0.29, 0.717) is 83.3 Å². The molecule has 0 fully saturated rings. The Labute approximate surface area is 287 Å². The molecule has 0 amide bonds. The van der Waals surface area contributed by atoms with Gasteiger partial charge in [-0.3, -0.25) is 0 Å². The van der Waals surface area contributed by atoms with Crippen LogP contribution in [0.15, 0.2) is 84.9 Å². The van der Waals surface area contributed by atoms with Crippen molar-refractivity contribution in [3.63, 3.8) is 0 Å². The first-order valence-electron chi connectivity index (χ1n) is 16.6. The molecule has 6 rings (SSSR count). The molecule has 0 aromatic heterocycles. The molecular weight excluding hydrogens is 624 g/mol. The summed E-state index contributed by atoms with van der Waals surface area (Å²) in [4.78, 5) is 0. The highest BCUT2D eigenvalue weighted by atomic mass is 16.6. The predicted molar refractivity (Wildman–Crippen MR) is 189 cm³/mol. The maximum atomic E-state index is 6.60. The summed E-state index contributed by atoms with van der Waals surface area (Å²) < 4.78 is 53.7. The highest BCUT2D eigenvalue weighted by molar-refractivity contribution is 5.94. The molecule has 0 radical (unpaired) electrons. The molecule has 49 heavy (non-hydrogen) atoms. The normalized spacial score (nSPS) is 16.0. The Morgan fingerprint density at radius 2 is 0.878 bits per heavy atom. The molecule has 9 heteroatoms. The van der Waals surface area contributed by atoms with Crippen LogP contribution in [0.5, 0.6) is 28.7 Å². The third-order valence-corrected chi connectivity index (χ3v) is 8.55. The summed E-state index contributed by atoms with van der Waals surface area (Å²) in [6, 6.07) is 29.0. The van der Waals surface area contributed by atoms with Crippen molar-refractivity contribution in [3.8, 4) is 28.7 Å². The van der Waals surface area contributed by atoms with Crippen molar-refractivity contribution in [2.24, 2.45) is 0 Å². The fourth-order valence-electron chi connectivity index (χ4n) is 6.33. The summed E-state index contributed by atoms with van der Waals surface area (Å²) in [6.07, 6.45) is 0. The minimum atomic E-state index is -0.395. The summed E-state index contributed by atoms with van der Waals surface area (Å²) in [7, 11) is 4.87. The molecule has 1 aliphatic rings. The van der Waals surface area contributed by atoms with E-state index in [1.807, 2.05) is 36.4 Å². The molecule has 0 bridgehead atoms. The summed E-state index contributed by atoms with van der Waals surface area (Å²) in [5.41, 5.74) is 2.88. The Morgan fingerprint density at radius 3 is 1.29 bits per heavy atom. The Morgan fingerprint density at radius 1 is 0.469 bits per heavy atom. The molecule has 0 saturated heterocycles. The second-order valence-corrected chi connectivity index (χ2v) is 11.4. The summed E-state index contributed by atoms with van der Waals surface area (Å²) in [5.74, 6) is 2.70. The van der Waals surface area contributed by atoms with Crippen molar-refractivity contribution in [2.75, 3.05) is 87.4 Å². The predicted octanol–water partition coefficient (Wildman–Crippen LogP) is 7.04. The third kappa shape index (κ3) is 8.03. The topological polar surface area (TPSA) is 83.1 Å². The van der Waals surface area contributed by atoms with Gasteiger partial charge in [0.1, 0.15) is 24.7 Å². The maximum Gasteiger partial charge on any atom is 0.203 e. The molecule has 1 aliphatic heterocycles. The lowest BCUT2D eigenvalue weighted by Gasteiger charge is -2.28. The van der Waals surface area contributed by atoms with E-state index in [9.17, 15) is 0 Å². The molecule has 0 atom stereocenters. The number of fused-ring (bicyclic) bond motifs is 6. The lowest BCUT2D eigenvalue weighted by molar-refractivity contribution is -0.00696. The van der Waals surface area contributed by atoms with Gasteiger partial charge in [0.15, 0.2) is 11.5 Å². The smallest absolute Gasteiger partial charge is 0.203 e. The van der Waals surface area contributed by atoms with E-state index in [1.54, 1.807) is 21.3 Å². The molecular formula is C40H44O9. The van der Waals surface area contributed by atoms with Gasteiger partial charge in [-0.25, -0.2) is 0 Å². The van der Waals surface area contributed by atoms with Crippen LogP contribution >= 0.6 is 0 Å². The summed E-state index contributed by atoms with van der Waals surface area (Å²) in [6.45, 7) is 4.38. The van der Waals surface area contributed by atoms with Crippen LogP contribution < -0.4 is 23.7 Å². The largest absolute Gasteiger partial charge is 0.493 e. The van der Waals surface area contributed by atoms with Crippen LogP contribution in [-0.2, 0) is 18.9 Å². The zero-order chi connectivity index (χ0) is 33.8. The maximum absolute atomic E-state index is 6.60. The van der Waals surface area contributed by atoms with E-state index < -0.39 is 5.92 Å². The molecule has 258 valence electrons. The first-order valence-corrected chi connectivity index (χ1v) is 16.6. The second-order valence-electron chi connectivity index (χ2n) is 11.4. The lowest BCUT2D eigenvalue weighted by Crippen LogP contribution is -2.15. The van der Waals surface area contributed by atoms with Crippen molar-refractivity contribution >= 4 is 21.5 Å². The van der Waals surface area contributed by atoms with Gasteiger partial charge in [0.25, 0.3) is 0 Å². The van der Waals surface area contributed by atoms with E-state index in [4.69, 9.17) is 42.6 Å². The molecule has 0 saturated carbocycles. The first kappa shape index (κ1) is 34.3. The quantitative estimate of drug-likeness (QED) is 0.200. The van der Waals surface area contributed by atoms with Crippen LogP contribution in [0.1, 0.15) is 22.6 Å². The van der Waals surface area contributed by atoms with Crippen molar-refractivity contribution in [1.29, 1.82) is 0 Å². The van der Waals surface area contributed by atoms with Crippen LogP contribution in [0.25, 0.3) is 21.5 Å². The zero-order valence-electron chi connectivity index (χ0n) is 28.4. The van der Waals surface area contributed by atoms with E-state index in [1.165, 1.54) is 0 Å². The van der Waals surface area contributed by atoms with Gasteiger partial charge in [-0.1, -0.05) is 60.7 Å². The molecule has 5 aromatic carbocycles. The average molecular weight is 669 g/mol. The van der Waals surface area contributed by atoms with Gasteiger partial charge >= 0.3 is 0 Å². The fraction of sp³-hybridized carbons (Fsp3) is 0.350. The van der Waals surface area contributed by atoms with Crippen molar-refractivity contribution in [1.82, 2.24) is 0 Å². The SMILES string of the molecule is COc1cc(C2c3c(ccc4ccccc34)OCCOCCOCCOCCOCCOc3ccc4ccccc4c32)cc(OC)c1OC. The van der Waals surface area contributed by atoms with Crippen molar-refractivity contribution in [2.45, 2.75) is 5.92 Å². The van der Waals surface area contributed by atoms with E-state index >= 15 is 0 Å². The second kappa shape index (κ2) is 17.2. The highest BCUT2D eigenvalue weighted by Crippen LogP contribution is 2.50. The van der Waals surface area contributed by atoms with Gasteiger partial charge in [-0.05, 0) is 51.4 Å². The van der Waals surface area contributed by atoms with Gasteiger partial charge in [0.05, 0.1) is 74.2 Å². The lowest BCUT2D eigenvalue weighted by atomic mass is 9.79. The number of benzene rings is 5. The molecule has 0 unspecified atom stereocenters. The van der Waals surface area contributed by atoms with Crippen LogP contribution in [0.2, 0.25) is 0 Å². The monoisotopic (exact) mass is 668 g/mol. The average Bonchev–Trinajstić information content (AvgIpc) is 3.14. The van der Waals surface area contributed by atoms with Gasteiger partial charge < -0.3 is 42.6 Å². The van der Waals surface area contributed by atoms with Crippen LogP contribution in [-0.4, -0.2) is 87.4 Å². The third-order valence-electron chi connectivity index (χ3n) is 8.55. The molecule has 0 aliphatic carbocycles. The Hall–Kier alpha value is -4.54. The molecule has 5 aromatic rings. The van der Waals surface area contributed by atoms with Gasteiger partial charge in [-0.2, -0.15) is 0 Å². The van der Waals surface area contributed by atoms with Crippen molar-refractivity contribution in [3.05, 3.63) is 102 Å². The number of hydrogen-bond donors (Lipinski definition) is 0. The van der Waals surface area contributed by atoms with E-state index in [2.05, 4.69) is 48.5 Å². The fourth-order valence-corrected chi connectivity index (χ4v) is 6.33. The van der Waals surface area contributed by atoms with E-state index in [-0.39, 0.29) is 0 Å². The minimum Gasteiger partial charge on any atom is -0.493 e. The zero-order valence-corrected chi connectivity index (χ0v) is 28.4. The summed E-state index contributed by atoms with van der Waals surface area (Å²) in [5, 5.41) is 4.27. The number of hydrogen-bond acceptors (Lipinski definition) is 9. The van der Waals surface area contributed by atoms with E-state index in [0.717, 1.165) is 49.7 Å². The van der Waals surface area contributed by atoms with Crippen molar-refractivity contribution < 1.29 is 42.6 Å². The van der Waals surface area contributed by atoms with Crippen LogP contribution in [0.3, 0.4) is 0 Å². The van der Waals surface area contributed by atoms with Gasteiger partial charge in [0.2, 0.25) is 5.75 Å². The number of rotatable bonds is 4. The molecule has 1 heterocycles. The molecule has 0 N–H and O–H groups in total. The number of ether oxygens (including phenoxy) is 9. The summed E-state index contributed by atoms with van der Waals surface area (Å²) >= 11 is 0. The minimum absolute atomic E-state index is 0.354. The first-order chi connectivity index (χ1) is 24.2. The van der Waals surface area contributed by atoms with Crippen LogP contribution in [0, 0.1) is 0 Å². The number of methoxy groups -OCH3 is 3. The molecule has 9 nitrogen and oxygen atoms in total. The molecule has 0 spiro atoms. The van der Waals surface area contributed by atoms with Gasteiger partial charge in [-0.15, -0.1) is 0 Å². The standard InChI is InChI=1S/C40H44O9/c1-41-35-26-30(27-36(42-2)40(35)43-3)37-38-31-10-6-4-8-28(31)12-14-33(38)48-24-22-46-20-18-44-16-17-45-19-21-47-23-25-49-34-15-13-29-9-5-7-11-32(29)39(34)37/h4-15,26-27,37H,16-25H2,1-3H3. The Kier molecular flexibility index (Phi) is 12.1. The Balaban J connectivity index is 1.58.